The van der Waals surface area contributed by atoms with Crippen molar-refractivity contribution in [2.45, 2.75) is 84.2 Å². The number of rotatable bonds is 12. The summed E-state index contributed by atoms with van der Waals surface area (Å²) < 4.78 is 14.2. The SMILES string of the molecule is CC1(C)[C@H](NC(=O)c2ccc(-n3cc(CCCN4CC(Oc5ccc6c(c5)CN(C5CCC(=O)NC5=O)C6=O)C4)nn3)nc2)C(C)(C)[C@H]1Oc1ccc(C#N)c(Cl)c1. The Kier molecular flexibility index (Phi) is 10.2. The van der Waals surface area contributed by atoms with Crippen LogP contribution in [0.3, 0.4) is 0 Å². The van der Waals surface area contributed by atoms with Crippen molar-refractivity contribution in [2.24, 2.45) is 10.8 Å². The number of carbonyl (C=O) groups is 4. The van der Waals surface area contributed by atoms with Crippen LogP contribution in [0.15, 0.2) is 60.9 Å². The lowest BCUT2D eigenvalue weighted by Crippen LogP contribution is -2.74. The first kappa shape index (κ1) is 39.0. The summed E-state index contributed by atoms with van der Waals surface area (Å²) in [4.78, 5) is 58.6. The normalized spacial score (nSPS) is 22.3. The van der Waals surface area contributed by atoms with Crippen LogP contribution < -0.4 is 20.1 Å². The Hall–Kier alpha value is -5.85. The molecule has 3 aliphatic heterocycles. The summed E-state index contributed by atoms with van der Waals surface area (Å²) in [6.07, 6.45) is 5.39. The molecule has 0 bridgehead atoms. The van der Waals surface area contributed by atoms with Crippen molar-refractivity contribution >= 4 is 35.2 Å². The Bertz CT molecular complexity index is 2320. The first-order valence-electron chi connectivity index (χ1n) is 19.4. The largest absolute Gasteiger partial charge is 0.489 e. The van der Waals surface area contributed by atoms with Gasteiger partial charge in [0, 0.05) is 60.8 Å². The van der Waals surface area contributed by atoms with E-state index in [9.17, 15) is 24.4 Å². The minimum Gasteiger partial charge on any atom is -0.489 e. The highest BCUT2D eigenvalue weighted by molar-refractivity contribution is 6.31. The fraction of sp³-hybridized carbons (Fsp3) is 0.429. The highest BCUT2D eigenvalue weighted by Crippen LogP contribution is 2.55. The van der Waals surface area contributed by atoms with E-state index in [1.165, 1.54) is 11.1 Å². The summed E-state index contributed by atoms with van der Waals surface area (Å²) in [5, 5.41) is 23.7. The lowest BCUT2D eigenvalue weighted by molar-refractivity contribution is -0.164. The van der Waals surface area contributed by atoms with E-state index in [-0.39, 0.29) is 42.4 Å². The number of hydrogen-bond donors (Lipinski definition) is 2. The molecule has 2 N–H and O–H groups in total. The molecule has 8 rings (SSSR count). The second-order valence-corrected chi connectivity index (χ2v) is 17.1. The number of amides is 4. The maximum Gasteiger partial charge on any atom is 0.255 e. The van der Waals surface area contributed by atoms with Gasteiger partial charge in [0.1, 0.15) is 35.8 Å². The van der Waals surface area contributed by atoms with Gasteiger partial charge in [-0.15, -0.1) is 5.10 Å². The van der Waals surface area contributed by atoms with E-state index in [1.54, 1.807) is 47.1 Å². The molecule has 5 heterocycles. The summed E-state index contributed by atoms with van der Waals surface area (Å²) in [6, 6.07) is 15.2. The molecule has 1 saturated carbocycles. The van der Waals surface area contributed by atoms with Crippen LogP contribution in [0.25, 0.3) is 5.82 Å². The zero-order chi connectivity index (χ0) is 40.9. The molecule has 16 heteroatoms. The zero-order valence-corrected chi connectivity index (χ0v) is 33.5. The molecule has 300 valence electrons. The highest BCUT2D eigenvalue weighted by atomic mass is 35.5. The van der Waals surface area contributed by atoms with E-state index in [4.69, 9.17) is 21.1 Å². The number of hydrogen-bond acceptors (Lipinski definition) is 11. The van der Waals surface area contributed by atoms with E-state index in [1.807, 2.05) is 12.3 Å². The standard InChI is InChI=1S/C42H44ClN9O6/c1-41(2)39(42(3,4)40(41)58-29-9-7-24(18-44)32(43)17-29)47-36(54)25-8-13-34(45-19-25)52-21-27(48-49-52)6-5-15-50-22-30(23-50)57-28-10-11-31-26(16-28)20-51(38(31)56)33-12-14-35(53)46-37(33)55/h7-11,13,16-17,19,21,30,33,39-40H,5-6,12,14-15,20,22-23H2,1-4H3,(H,47,54)(H,46,53,55)/t33?,39-,40-. The molecule has 1 unspecified atom stereocenters. The second kappa shape index (κ2) is 15.1. The molecule has 2 aromatic heterocycles. The van der Waals surface area contributed by atoms with Gasteiger partial charge >= 0.3 is 0 Å². The number of aryl methyl sites for hydroxylation is 1. The van der Waals surface area contributed by atoms with Crippen molar-refractivity contribution in [3.63, 3.8) is 0 Å². The molecule has 2 aromatic carbocycles. The topological polar surface area (TPSA) is 185 Å². The number of nitrogens with one attached hydrogen (secondary N) is 2. The average Bonchev–Trinajstić information content (AvgIpc) is 3.78. The van der Waals surface area contributed by atoms with Crippen LogP contribution in [0.2, 0.25) is 5.02 Å². The number of pyridine rings is 1. The number of nitrogens with zero attached hydrogens (tertiary/aromatic N) is 7. The van der Waals surface area contributed by atoms with Gasteiger partial charge in [0.05, 0.1) is 28.0 Å². The van der Waals surface area contributed by atoms with Crippen molar-refractivity contribution in [1.82, 2.24) is 40.4 Å². The van der Waals surface area contributed by atoms with Gasteiger partial charge in [0.15, 0.2) is 5.82 Å². The van der Waals surface area contributed by atoms with Gasteiger partial charge in [0.25, 0.3) is 11.8 Å². The van der Waals surface area contributed by atoms with Crippen molar-refractivity contribution < 1.29 is 28.7 Å². The molecule has 4 aromatic rings. The quantitative estimate of drug-likeness (QED) is 0.195. The number of nitriles is 1. The molecule has 1 aliphatic carbocycles. The lowest BCUT2D eigenvalue weighted by atomic mass is 9.49. The molecule has 0 spiro atoms. The third-order valence-electron chi connectivity index (χ3n) is 11.8. The van der Waals surface area contributed by atoms with Gasteiger partial charge < -0.3 is 19.7 Å². The number of ether oxygens (including phenoxy) is 2. The Morgan fingerprint density at radius 3 is 2.50 bits per heavy atom. The van der Waals surface area contributed by atoms with Crippen LogP contribution in [0, 0.1) is 22.2 Å². The number of carbonyl (C=O) groups excluding carboxylic acids is 4. The first-order valence-corrected chi connectivity index (χ1v) is 19.8. The van der Waals surface area contributed by atoms with Crippen molar-refractivity contribution in [1.29, 1.82) is 5.26 Å². The molecule has 4 amide bonds. The fourth-order valence-corrected chi connectivity index (χ4v) is 9.28. The summed E-state index contributed by atoms with van der Waals surface area (Å²) in [5.41, 5.74) is 2.24. The molecule has 3 fully saturated rings. The fourth-order valence-electron chi connectivity index (χ4n) is 9.07. The molecular weight excluding hydrogens is 762 g/mol. The number of halogens is 1. The Morgan fingerprint density at radius 2 is 1.79 bits per heavy atom. The monoisotopic (exact) mass is 805 g/mol. The van der Waals surface area contributed by atoms with Crippen molar-refractivity contribution in [2.75, 3.05) is 19.6 Å². The van der Waals surface area contributed by atoms with E-state index in [0.717, 1.165) is 43.7 Å². The van der Waals surface area contributed by atoms with E-state index < -0.39 is 22.8 Å². The number of piperidine rings is 1. The number of fused-ring (bicyclic) bond motifs is 1. The van der Waals surface area contributed by atoms with Crippen LogP contribution in [0.1, 0.15) is 84.5 Å². The van der Waals surface area contributed by atoms with Gasteiger partial charge in [-0.2, -0.15) is 5.26 Å². The van der Waals surface area contributed by atoms with Gasteiger partial charge in [0.2, 0.25) is 11.8 Å². The summed E-state index contributed by atoms with van der Waals surface area (Å²) in [6.45, 7) is 11.0. The third kappa shape index (κ3) is 7.38. The number of likely N-dealkylation sites (tertiary alicyclic amines) is 1. The molecule has 1 atom stereocenters. The second-order valence-electron chi connectivity index (χ2n) is 16.7. The Balaban J connectivity index is 0.772. The molecule has 15 nitrogen and oxygen atoms in total. The number of imide groups is 1. The predicted octanol–water partition coefficient (Wildman–Crippen LogP) is 4.26. The van der Waals surface area contributed by atoms with Gasteiger partial charge in [-0.3, -0.25) is 29.4 Å². The summed E-state index contributed by atoms with van der Waals surface area (Å²) in [7, 11) is 0. The van der Waals surface area contributed by atoms with Crippen LogP contribution in [-0.4, -0.2) is 97.3 Å². The third-order valence-corrected chi connectivity index (χ3v) is 12.2. The average molecular weight is 806 g/mol. The first-order chi connectivity index (χ1) is 27.7. The van der Waals surface area contributed by atoms with E-state index >= 15 is 0 Å². The summed E-state index contributed by atoms with van der Waals surface area (Å²) >= 11 is 6.23. The predicted molar refractivity (Wildman–Crippen MR) is 210 cm³/mol. The smallest absolute Gasteiger partial charge is 0.255 e. The maximum atomic E-state index is 13.4. The van der Waals surface area contributed by atoms with Gasteiger partial charge in [-0.1, -0.05) is 44.5 Å². The Labute approximate surface area is 340 Å². The number of aromatic nitrogens is 4. The zero-order valence-electron chi connectivity index (χ0n) is 32.7. The van der Waals surface area contributed by atoms with Gasteiger partial charge in [-0.25, -0.2) is 9.67 Å². The Morgan fingerprint density at radius 1 is 1.03 bits per heavy atom. The maximum absolute atomic E-state index is 13.4. The molecule has 58 heavy (non-hydrogen) atoms. The molecule has 4 aliphatic rings. The summed E-state index contributed by atoms with van der Waals surface area (Å²) in [5.74, 6) is 0.658. The lowest BCUT2D eigenvalue weighted by Gasteiger charge is -2.63. The molecule has 0 radical (unpaired) electrons. The van der Waals surface area contributed by atoms with E-state index in [2.05, 4.69) is 64.6 Å². The van der Waals surface area contributed by atoms with Gasteiger partial charge in [-0.05, 0) is 73.8 Å². The minimum absolute atomic E-state index is 0.0381. The minimum atomic E-state index is -0.643. The number of benzene rings is 2. The molecular formula is C42H44ClN9O6. The molecule has 2 saturated heterocycles. The highest BCUT2D eigenvalue weighted by Gasteiger charge is 2.64. The van der Waals surface area contributed by atoms with Crippen LogP contribution in [0.4, 0.5) is 0 Å². The van der Waals surface area contributed by atoms with E-state index in [0.29, 0.717) is 52.0 Å². The van der Waals surface area contributed by atoms with Crippen LogP contribution >= 0.6 is 11.6 Å². The van der Waals surface area contributed by atoms with Crippen molar-refractivity contribution in [3.05, 3.63) is 93.9 Å². The van der Waals surface area contributed by atoms with Crippen LogP contribution in [0.5, 0.6) is 11.5 Å². The van der Waals surface area contributed by atoms with Crippen molar-refractivity contribution in [3.8, 4) is 23.4 Å². The van der Waals surface area contributed by atoms with Crippen LogP contribution in [-0.2, 0) is 22.6 Å².